The Morgan fingerprint density at radius 1 is 1.33 bits per heavy atom. The third-order valence-electron chi connectivity index (χ3n) is 2.35. The van der Waals surface area contributed by atoms with E-state index in [0.29, 0.717) is 5.02 Å². The summed E-state index contributed by atoms with van der Waals surface area (Å²) < 4.78 is 0. The molecular formula is C12H11ClOS. The second-order valence-electron chi connectivity index (χ2n) is 3.42. The molecule has 1 N–H and O–H groups in total. The van der Waals surface area contributed by atoms with E-state index in [9.17, 15) is 5.11 Å². The summed E-state index contributed by atoms with van der Waals surface area (Å²) >= 11 is 7.46. The van der Waals surface area contributed by atoms with Crippen LogP contribution in [-0.4, -0.2) is 5.11 Å². The number of aliphatic hydroxyl groups excluding tert-OH is 1. The van der Waals surface area contributed by atoms with E-state index in [1.807, 2.05) is 42.6 Å². The SMILES string of the molecule is Cc1ccc(Cl)cc1C(O)c1cccs1. The highest BCUT2D eigenvalue weighted by Crippen LogP contribution is 2.29. The smallest absolute Gasteiger partial charge is 0.113 e. The maximum atomic E-state index is 10.1. The Morgan fingerprint density at radius 3 is 2.80 bits per heavy atom. The first-order chi connectivity index (χ1) is 7.18. The van der Waals surface area contributed by atoms with Crippen LogP contribution in [0.1, 0.15) is 22.1 Å². The van der Waals surface area contributed by atoms with E-state index in [1.165, 1.54) is 0 Å². The molecule has 0 saturated heterocycles. The molecule has 0 aliphatic carbocycles. The minimum absolute atomic E-state index is 0.566. The molecule has 3 heteroatoms. The topological polar surface area (TPSA) is 20.2 Å². The number of aliphatic hydroxyl groups is 1. The number of rotatable bonds is 2. The van der Waals surface area contributed by atoms with Crippen LogP contribution in [0, 0.1) is 6.92 Å². The Hall–Kier alpha value is -0.830. The molecule has 2 aromatic rings. The van der Waals surface area contributed by atoms with Gasteiger partial charge in [0, 0.05) is 9.90 Å². The van der Waals surface area contributed by atoms with E-state index >= 15 is 0 Å². The van der Waals surface area contributed by atoms with E-state index < -0.39 is 6.10 Å². The van der Waals surface area contributed by atoms with Crippen LogP contribution in [0.2, 0.25) is 5.02 Å². The third kappa shape index (κ3) is 2.23. The summed E-state index contributed by atoms with van der Waals surface area (Å²) in [4.78, 5) is 0.945. The summed E-state index contributed by atoms with van der Waals surface area (Å²) in [5.74, 6) is 0. The van der Waals surface area contributed by atoms with Crippen molar-refractivity contribution in [1.29, 1.82) is 0 Å². The monoisotopic (exact) mass is 238 g/mol. The van der Waals surface area contributed by atoms with Gasteiger partial charge in [-0.25, -0.2) is 0 Å². The zero-order valence-corrected chi connectivity index (χ0v) is 9.85. The maximum Gasteiger partial charge on any atom is 0.113 e. The van der Waals surface area contributed by atoms with E-state index in [0.717, 1.165) is 16.0 Å². The van der Waals surface area contributed by atoms with Crippen molar-refractivity contribution in [3.63, 3.8) is 0 Å². The molecule has 0 fully saturated rings. The van der Waals surface area contributed by atoms with Crippen LogP contribution in [0.4, 0.5) is 0 Å². The lowest BCUT2D eigenvalue weighted by Crippen LogP contribution is -1.99. The van der Waals surface area contributed by atoms with Crippen LogP contribution in [0.3, 0.4) is 0 Å². The van der Waals surface area contributed by atoms with Crippen molar-refractivity contribution in [2.45, 2.75) is 13.0 Å². The quantitative estimate of drug-likeness (QED) is 0.844. The van der Waals surface area contributed by atoms with Gasteiger partial charge in [-0.15, -0.1) is 11.3 Å². The van der Waals surface area contributed by atoms with E-state index in [-0.39, 0.29) is 0 Å². The van der Waals surface area contributed by atoms with Crippen LogP contribution in [0.15, 0.2) is 35.7 Å². The van der Waals surface area contributed by atoms with Crippen LogP contribution < -0.4 is 0 Å². The number of hydrogen-bond donors (Lipinski definition) is 1. The van der Waals surface area contributed by atoms with Crippen LogP contribution in [0.25, 0.3) is 0 Å². The molecule has 0 bridgehead atoms. The van der Waals surface area contributed by atoms with Crippen LogP contribution in [-0.2, 0) is 0 Å². The van der Waals surface area contributed by atoms with Gasteiger partial charge < -0.3 is 5.11 Å². The van der Waals surface area contributed by atoms with Gasteiger partial charge in [0.05, 0.1) is 0 Å². The molecule has 1 nitrogen and oxygen atoms in total. The Labute approximate surface area is 98.0 Å². The van der Waals surface area contributed by atoms with Crippen molar-refractivity contribution in [3.05, 3.63) is 56.7 Å². The van der Waals surface area contributed by atoms with E-state index in [4.69, 9.17) is 11.6 Å². The highest BCUT2D eigenvalue weighted by Gasteiger charge is 2.13. The van der Waals surface area contributed by atoms with Crippen molar-refractivity contribution < 1.29 is 5.11 Å². The molecule has 78 valence electrons. The van der Waals surface area contributed by atoms with Crippen molar-refractivity contribution in [2.75, 3.05) is 0 Å². The Kier molecular flexibility index (Phi) is 3.10. The largest absolute Gasteiger partial charge is 0.383 e. The molecule has 0 radical (unpaired) electrons. The van der Waals surface area contributed by atoms with E-state index in [2.05, 4.69) is 0 Å². The minimum Gasteiger partial charge on any atom is -0.383 e. The first kappa shape index (κ1) is 10.7. The number of halogens is 1. The summed E-state index contributed by atoms with van der Waals surface area (Å²) in [5, 5.41) is 12.8. The number of hydrogen-bond acceptors (Lipinski definition) is 2. The van der Waals surface area contributed by atoms with Crippen molar-refractivity contribution in [3.8, 4) is 0 Å². The van der Waals surface area contributed by atoms with Gasteiger partial charge in [-0.05, 0) is 41.6 Å². The van der Waals surface area contributed by atoms with Crippen molar-refractivity contribution in [1.82, 2.24) is 0 Å². The summed E-state index contributed by atoms with van der Waals surface area (Å²) in [6, 6.07) is 9.44. The lowest BCUT2D eigenvalue weighted by atomic mass is 10.0. The van der Waals surface area contributed by atoms with E-state index in [1.54, 1.807) is 11.3 Å². The lowest BCUT2D eigenvalue weighted by Gasteiger charge is -2.12. The fourth-order valence-corrected chi connectivity index (χ4v) is 2.41. The fourth-order valence-electron chi connectivity index (χ4n) is 1.51. The molecule has 2 rings (SSSR count). The van der Waals surface area contributed by atoms with Gasteiger partial charge in [0.25, 0.3) is 0 Å². The third-order valence-corrected chi connectivity index (χ3v) is 3.51. The minimum atomic E-state index is -0.566. The molecule has 0 saturated carbocycles. The molecule has 1 aromatic carbocycles. The predicted octanol–water partition coefficient (Wildman–Crippen LogP) is 3.79. The summed E-state index contributed by atoms with van der Waals surface area (Å²) in [7, 11) is 0. The first-order valence-electron chi connectivity index (χ1n) is 4.66. The van der Waals surface area contributed by atoms with Crippen molar-refractivity contribution >= 4 is 22.9 Å². The average molecular weight is 239 g/mol. The molecule has 0 spiro atoms. The summed E-state index contributed by atoms with van der Waals surface area (Å²) in [6.07, 6.45) is -0.566. The van der Waals surface area contributed by atoms with Crippen LogP contribution >= 0.6 is 22.9 Å². The number of benzene rings is 1. The van der Waals surface area contributed by atoms with Crippen LogP contribution in [0.5, 0.6) is 0 Å². The van der Waals surface area contributed by atoms with Gasteiger partial charge >= 0.3 is 0 Å². The Bertz CT molecular complexity index is 451. The highest BCUT2D eigenvalue weighted by atomic mass is 35.5. The summed E-state index contributed by atoms with van der Waals surface area (Å²) in [6.45, 7) is 1.97. The number of thiophene rings is 1. The van der Waals surface area contributed by atoms with Gasteiger partial charge in [-0.2, -0.15) is 0 Å². The molecule has 1 atom stereocenters. The molecule has 1 aromatic heterocycles. The molecule has 0 amide bonds. The average Bonchev–Trinajstić information content (AvgIpc) is 2.74. The highest BCUT2D eigenvalue weighted by molar-refractivity contribution is 7.10. The normalized spacial score (nSPS) is 12.7. The molecule has 1 unspecified atom stereocenters. The van der Waals surface area contributed by atoms with Gasteiger partial charge in [0.1, 0.15) is 6.10 Å². The number of aryl methyl sites for hydroxylation is 1. The second-order valence-corrected chi connectivity index (χ2v) is 4.83. The molecule has 1 heterocycles. The van der Waals surface area contributed by atoms with Gasteiger partial charge in [0.15, 0.2) is 0 Å². The zero-order valence-electron chi connectivity index (χ0n) is 8.27. The second kappa shape index (κ2) is 4.35. The van der Waals surface area contributed by atoms with Gasteiger partial charge in [-0.1, -0.05) is 23.7 Å². The lowest BCUT2D eigenvalue weighted by molar-refractivity contribution is 0.223. The fraction of sp³-hybridized carbons (Fsp3) is 0.167. The predicted molar refractivity (Wildman–Crippen MR) is 64.6 cm³/mol. The maximum absolute atomic E-state index is 10.1. The Balaban J connectivity index is 2.41. The summed E-state index contributed by atoms with van der Waals surface area (Å²) in [5.41, 5.74) is 1.94. The van der Waals surface area contributed by atoms with Crippen molar-refractivity contribution in [2.24, 2.45) is 0 Å². The first-order valence-corrected chi connectivity index (χ1v) is 5.92. The standard InChI is InChI=1S/C12H11ClOS/c1-8-4-5-9(13)7-10(8)12(14)11-3-2-6-15-11/h2-7,12,14H,1H3. The molecular weight excluding hydrogens is 228 g/mol. The zero-order chi connectivity index (χ0) is 10.8. The molecule has 15 heavy (non-hydrogen) atoms. The van der Waals surface area contributed by atoms with Gasteiger partial charge in [0.2, 0.25) is 0 Å². The van der Waals surface area contributed by atoms with Gasteiger partial charge in [-0.3, -0.25) is 0 Å². The molecule has 0 aliphatic heterocycles. The Morgan fingerprint density at radius 2 is 2.13 bits per heavy atom. The molecule has 0 aliphatic rings.